The third-order valence-corrected chi connectivity index (χ3v) is 2.47. The highest BCUT2D eigenvalue weighted by Crippen LogP contribution is 2.29. The average molecular weight is 224 g/mol. The van der Waals surface area contributed by atoms with Gasteiger partial charge < -0.3 is 10.6 Å². The third-order valence-electron chi connectivity index (χ3n) is 2.47. The summed E-state index contributed by atoms with van der Waals surface area (Å²) < 4.78 is 36.5. The summed E-state index contributed by atoms with van der Waals surface area (Å²) >= 11 is 0. The number of carbonyl (C=O) groups excluding carboxylic acids is 2. The van der Waals surface area contributed by atoms with Crippen LogP contribution in [0.3, 0.4) is 0 Å². The van der Waals surface area contributed by atoms with E-state index in [1.54, 1.807) is 0 Å². The van der Waals surface area contributed by atoms with Gasteiger partial charge in [0.25, 0.3) is 0 Å². The highest BCUT2D eigenvalue weighted by molar-refractivity contribution is 5.89. The van der Waals surface area contributed by atoms with E-state index in [-0.39, 0.29) is 6.42 Å². The van der Waals surface area contributed by atoms with Crippen LogP contribution in [0.5, 0.6) is 0 Å². The van der Waals surface area contributed by atoms with Crippen LogP contribution in [-0.4, -0.2) is 35.0 Å². The van der Waals surface area contributed by atoms with Crippen LogP contribution in [-0.2, 0) is 9.59 Å². The molecular formula is C8H11F3N2O2. The number of halogens is 3. The van der Waals surface area contributed by atoms with Crippen LogP contribution in [0, 0.1) is 0 Å². The number of alkyl halides is 3. The fraction of sp³-hybridized carbons (Fsp3) is 0.750. The van der Waals surface area contributed by atoms with Gasteiger partial charge in [0.2, 0.25) is 5.91 Å². The predicted octanol–water partition coefficient (Wildman–Crippen LogP) is 0.413. The van der Waals surface area contributed by atoms with Gasteiger partial charge in [-0.1, -0.05) is 0 Å². The number of hydrogen-bond acceptors (Lipinski definition) is 2. The first-order chi connectivity index (χ1) is 6.75. The minimum Gasteiger partial charge on any atom is -0.368 e. The number of nitrogens with zero attached hydrogens (tertiary/aromatic N) is 1. The van der Waals surface area contributed by atoms with E-state index >= 15 is 0 Å². The number of hydrogen-bond donors (Lipinski definition) is 1. The maximum atomic E-state index is 12.2. The second-order valence-corrected chi connectivity index (χ2v) is 3.55. The van der Waals surface area contributed by atoms with E-state index in [9.17, 15) is 22.8 Å². The lowest BCUT2D eigenvalue weighted by Crippen LogP contribution is -2.51. The lowest BCUT2D eigenvalue weighted by atomic mass is 10.2. The van der Waals surface area contributed by atoms with E-state index in [2.05, 4.69) is 0 Å². The Kier molecular flexibility index (Phi) is 2.92. The van der Waals surface area contributed by atoms with Gasteiger partial charge in [-0.15, -0.1) is 0 Å². The summed E-state index contributed by atoms with van der Waals surface area (Å²) in [6.45, 7) is 1.46. The Bertz CT molecular complexity index is 290. The number of amides is 2. The average Bonchev–Trinajstić information content (AvgIpc) is 2.44. The molecule has 1 aliphatic heterocycles. The first-order valence-electron chi connectivity index (χ1n) is 4.44. The Hall–Kier alpha value is -1.27. The summed E-state index contributed by atoms with van der Waals surface area (Å²) in [5.74, 6) is -2.88. The SMILES string of the molecule is C[C@H]1CC[C@@H](C(N)=O)N1C(=O)C(F)(F)F. The van der Waals surface area contributed by atoms with Gasteiger partial charge in [-0.3, -0.25) is 9.59 Å². The number of likely N-dealkylation sites (tertiary alicyclic amines) is 1. The molecule has 0 radical (unpaired) electrons. The highest BCUT2D eigenvalue weighted by Gasteiger charge is 2.49. The predicted molar refractivity (Wildman–Crippen MR) is 44.6 cm³/mol. The number of rotatable bonds is 1. The molecule has 1 heterocycles. The summed E-state index contributed by atoms with van der Waals surface area (Å²) in [6.07, 6.45) is -4.40. The molecule has 4 nitrogen and oxygen atoms in total. The van der Waals surface area contributed by atoms with Crippen LogP contribution < -0.4 is 5.73 Å². The normalized spacial score (nSPS) is 26.8. The van der Waals surface area contributed by atoms with Gasteiger partial charge in [-0.2, -0.15) is 13.2 Å². The zero-order valence-corrected chi connectivity index (χ0v) is 8.04. The van der Waals surface area contributed by atoms with Crippen molar-refractivity contribution in [1.82, 2.24) is 4.90 Å². The molecule has 0 aromatic rings. The fourth-order valence-corrected chi connectivity index (χ4v) is 1.75. The van der Waals surface area contributed by atoms with Crippen molar-refractivity contribution >= 4 is 11.8 Å². The second kappa shape index (κ2) is 3.71. The number of carbonyl (C=O) groups is 2. The van der Waals surface area contributed by atoms with E-state index in [1.807, 2.05) is 0 Å². The standard InChI is InChI=1S/C8H11F3N2O2/c1-4-2-3-5(6(12)14)13(4)7(15)8(9,10)11/h4-5H,2-3H2,1H3,(H2,12,14)/t4-,5-/m0/s1. The first-order valence-corrected chi connectivity index (χ1v) is 4.44. The molecule has 2 N–H and O–H groups in total. The van der Waals surface area contributed by atoms with Crippen molar-refractivity contribution in [3.8, 4) is 0 Å². The summed E-state index contributed by atoms with van der Waals surface area (Å²) in [5, 5.41) is 0. The molecule has 0 spiro atoms. The monoisotopic (exact) mass is 224 g/mol. The van der Waals surface area contributed by atoms with Crippen molar-refractivity contribution in [3.63, 3.8) is 0 Å². The summed E-state index contributed by atoms with van der Waals surface area (Å²) in [5.41, 5.74) is 4.93. The van der Waals surface area contributed by atoms with Gasteiger partial charge in [-0.05, 0) is 19.8 Å². The van der Waals surface area contributed by atoms with E-state index in [0.29, 0.717) is 11.3 Å². The van der Waals surface area contributed by atoms with Gasteiger partial charge in [0, 0.05) is 6.04 Å². The molecule has 0 aliphatic carbocycles. The Morgan fingerprint density at radius 3 is 2.27 bits per heavy atom. The Balaban J connectivity index is 2.90. The topological polar surface area (TPSA) is 63.4 Å². The van der Waals surface area contributed by atoms with E-state index in [4.69, 9.17) is 5.73 Å². The van der Waals surface area contributed by atoms with Crippen molar-refractivity contribution in [2.75, 3.05) is 0 Å². The van der Waals surface area contributed by atoms with Crippen molar-refractivity contribution < 1.29 is 22.8 Å². The smallest absolute Gasteiger partial charge is 0.368 e. The van der Waals surface area contributed by atoms with Crippen LogP contribution >= 0.6 is 0 Å². The van der Waals surface area contributed by atoms with Crippen molar-refractivity contribution in [3.05, 3.63) is 0 Å². The van der Waals surface area contributed by atoms with Crippen molar-refractivity contribution in [2.45, 2.75) is 38.0 Å². The highest BCUT2D eigenvalue weighted by atomic mass is 19.4. The number of nitrogens with two attached hydrogens (primary N) is 1. The Morgan fingerprint density at radius 1 is 1.33 bits per heavy atom. The largest absolute Gasteiger partial charge is 0.471 e. The summed E-state index contributed by atoms with van der Waals surface area (Å²) in [4.78, 5) is 22.4. The Labute approximate surface area is 84.2 Å². The van der Waals surface area contributed by atoms with Crippen LogP contribution in [0.2, 0.25) is 0 Å². The fourth-order valence-electron chi connectivity index (χ4n) is 1.75. The maximum Gasteiger partial charge on any atom is 0.471 e. The van der Waals surface area contributed by atoms with Gasteiger partial charge >= 0.3 is 12.1 Å². The van der Waals surface area contributed by atoms with Crippen molar-refractivity contribution in [1.29, 1.82) is 0 Å². The molecule has 86 valence electrons. The quantitative estimate of drug-likeness (QED) is 0.701. The Morgan fingerprint density at radius 2 is 1.87 bits per heavy atom. The van der Waals surface area contributed by atoms with Crippen molar-refractivity contribution in [2.24, 2.45) is 5.73 Å². The molecule has 1 aliphatic rings. The molecule has 0 saturated carbocycles. The van der Waals surface area contributed by atoms with Gasteiger partial charge in [0.05, 0.1) is 0 Å². The molecule has 0 unspecified atom stereocenters. The molecule has 0 aromatic heterocycles. The molecule has 0 bridgehead atoms. The van der Waals surface area contributed by atoms with E-state index in [0.717, 1.165) is 0 Å². The summed E-state index contributed by atoms with van der Waals surface area (Å²) in [7, 11) is 0. The second-order valence-electron chi connectivity index (χ2n) is 3.55. The van der Waals surface area contributed by atoms with Crippen LogP contribution in [0.4, 0.5) is 13.2 Å². The molecule has 0 aromatic carbocycles. The molecular weight excluding hydrogens is 213 g/mol. The minimum absolute atomic E-state index is 0.193. The summed E-state index contributed by atoms with van der Waals surface area (Å²) in [6, 6.07) is -1.73. The molecule has 2 atom stereocenters. The zero-order valence-electron chi connectivity index (χ0n) is 8.04. The number of primary amides is 1. The van der Waals surface area contributed by atoms with Gasteiger partial charge in [0.1, 0.15) is 6.04 Å². The van der Waals surface area contributed by atoms with Gasteiger partial charge in [0.15, 0.2) is 0 Å². The molecule has 1 rings (SSSR count). The van der Waals surface area contributed by atoms with Crippen LogP contribution in [0.1, 0.15) is 19.8 Å². The maximum absolute atomic E-state index is 12.2. The van der Waals surface area contributed by atoms with Gasteiger partial charge in [-0.25, -0.2) is 0 Å². The molecule has 1 saturated heterocycles. The lowest BCUT2D eigenvalue weighted by Gasteiger charge is -2.27. The zero-order chi connectivity index (χ0) is 11.8. The third kappa shape index (κ3) is 2.21. The molecule has 1 fully saturated rings. The molecule has 15 heavy (non-hydrogen) atoms. The minimum atomic E-state index is -4.95. The van der Waals surface area contributed by atoms with Crippen LogP contribution in [0.15, 0.2) is 0 Å². The first kappa shape index (κ1) is 11.8. The molecule has 7 heteroatoms. The van der Waals surface area contributed by atoms with Crippen LogP contribution in [0.25, 0.3) is 0 Å². The van der Waals surface area contributed by atoms with E-state index in [1.165, 1.54) is 6.92 Å². The molecule has 2 amide bonds. The lowest BCUT2D eigenvalue weighted by molar-refractivity contribution is -0.188. The van der Waals surface area contributed by atoms with E-state index < -0.39 is 30.1 Å².